The molecule has 2 heterocycles. The van der Waals surface area contributed by atoms with Crippen LogP contribution < -0.4 is 17.2 Å². The van der Waals surface area contributed by atoms with E-state index in [2.05, 4.69) is 4.98 Å². The molecular weight excluding hydrogens is 432 g/mol. The van der Waals surface area contributed by atoms with Gasteiger partial charge in [0.1, 0.15) is 6.04 Å². The summed E-state index contributed by atoms with van der Waals surface area (Å²) >= 11 is 1.41. The Bertz CT molecular complexity index is 996. The zero-order valence-corrected chi connectivity index (χ0v) is 18.8. The number of aryl methyl sites for hydroxylation is 1. The van der Waals surface area contributed by atoms with Gasteiger partial charge in [0.05, 0.1) is 18.5 Å². The Labute approximate surface area is 190 Å². The Kier molecular flexibility index (Phi) is 7.77. The van der Waals surface area contributed by atoms with Crippen LogP contribution in [0.4, 0.5) is 0 Å². The number of thioether (sulfide) groups is 1. The highest BCUT2D eigenvalue weighted by Crippen LogP contribution is 2.26. The highest BCUT2D eigenvalue weighted by Gasteiger charge is 2.42. The first-order valence-electron chi connectivity index (χ1n) is 10.4. The molecule has 1 aromatic heterocycles. The summed E-state index contributed by atoms with van der Waals surface area (Å²) in [5.41, 5.74) is 19.5. The summed E-state index contributed by atoms with van der Waals surface area (Å²) in [6.07, 6.45) is 0.125. The molecule has 8 N–H and O–H groups in total. The Hall–Kier alpha value is -2.60. The molecule has 32 heavy (non-hydrogen) atoms. The number of primary amides is 1. The fraction of sp³-hybridized carbons (Fsp3) is 0.476. The summed E-state index contributed by atoms with van der Waals surface area (Å²) < 4.78 is 0. The number of benzene rings is 1. The molecule has 3 atom stereocenters. The summed E-state index contributed by atoms with van der Waals surface area (Å²) in [7, 11) is 0. The second-order valence-corrected chi connectivity index (χ2v) is 9.11. The summed E-state index contributed by atoms with van der Waals surface area (Å²) in [6.45, 7) is 2.35. The van der Waals surface area contributed by atoms with E-state index in [1.54, 1.807) is 0 Å². The predicted molar refractivity (Wildman–Crippen MR) is 123 cm³/mol. The number of nitrogens with one attached hydrogen (secondary N) is 1. The molecule has 10 nitrogen and oxygen atoms in total. The van der Waals surface area contributed by atoms with Gasteiger partial charge in [-0.05, 0) is 18.6 Å². The molecule has 0 aliphatic carbocycles. The number of aromatic amines is 1. The molecule has 0 bridgehead atoms. The van der Waals surface area contributed by atoms with E-state index in [9.17, 15) is 19.6 Å². The largest absolute Gasteiger partial charge is 0.368 e. The Balaban J connectivity index is 1.72. The summed E-state index contributed by atoms with van der Waals surface area (Å²) in [4.78, 5) is 42.3. The molecule has 2 aromatic rings. The van der Waals surface area contributed by atoms with Gasteiger partial charge in [0.25, 0.3) is 5.91 Å². The Morgan fingerprint density at radius 2 is 2.06 bits per heavy atom. The predicted octanol–water partition coefficient (Wildman–Crippen LogP) is -0.289. The van der Waals surface area contributed by atoms with E-state index in [0.717, 1.165) is 22.2 Å². The van der Waals surface area contributed by atoms with E-state index < -0.39 is 29.9 Å². The normalized spacial score (nSPS) is 19.3. The van der Waals surface area contributed by atoms with Crippen molar-refractivity contribution in [1.82, 2.24) is 14.9 Å². The average Bonchev–Trinajstić information content (AvgIpc) is 3.35. The minimum absolute atomic E-state index is 0.00124. The highest BCUT2D eigenvalue weighted by atomic mass is 32.2. The number of rotatable bonds is 9. The van der Waals surface area contributed by atoms with Gasteiger partial charge in [0.2, 0.25) is 11.8 Å². The quantitative estimate of drug-likeness (QED) is 0.193. The minimum atomic E-state index is -0.915. The third kappa shape index (κ3) is 5.07. The van der Waals surface area contributed by atoms with Crippen LogP contribution in [-0.4, -0.2) is 80.6 Å². The Morgan fingerprint density at radius 3 is 2.75 bits per heavy atom. The number of H-pyrrole nitrogens is 1. The molecular formula is C21H30N6O4S. The van der Waals surface area contributed by atoms with Crippen LogP contribution in [0.15, 0.2) is 24.3 Å². The fourth-order valence-corrected chi connectivity index (χ4v) is 4.80. The number of hydrogen-bond acceptors (Lipinski definition) is 7. The monoisotopic (exact) mass is 462 g/mol. The number of carbonyl (C=O) groups excluding carboxylic acids is 3. The first-order valence-corrected chi connectivity index (χ1v) is 11.6. The van der Waals surface area contributed by atoms with Gasteiger partial charge in [-0.15, -0.1) is 0 Å². The lowest BCUT2D eigenvalue weighted by Gasteiger charge is -2.25. The van der Waals surface area contributed by atoms with Crippen LogP contribution in [0, 0.1) is 6.92 Å². The molecule has 0 unspecified atom stereocenters. The van der Waals surface area contributed by atoms with Crippen molar-refractivity contribution in [3.8, 4) is 0 Å². The van der Waals surface area contributed by atoms with E-state index in [-0.39, 0.29) is 25.3 Å². The third-order valence-electron chi connectivity index (χ3n) is 5.73. The lowest BCUT2D eigenvalue weighted by atomic mass is 10.1. The Morgan fingerprint density at radius 1 is 1.34 bits per heavy atom. The van der Waals surface area contributed by atoms with Gasteiger partial charge in [0, 0.05) is 47.6 Å². The first-order chi connectivity index (χ1) is 15.2. The van der Waals surface area contributed by atoms with Crippen molar-refractivity contribution in [2.75, 3.05) is 24.6 Å². The molecule has 0 spiro atoms. The van der Waals surface area contributed by atoms with Crippen LogP contribution in [0.5, 0.6) is 0 Å². The summed E-state index contributed by atoms with van der Waals surface area (Å²) in [6, 6.07) is 5.07. The number of nitrogens with two attached hydrogens (primary N) is 3. The van der Waals surface area contributed by atoms with Crippen molar-refractivity contribution in [2.45, 2.75) is 37.9 Å². The van der Waals surface area contributed by atoms with Gasteiger partial charge < -0.3 is 27.1 Å². The maximum Gasteiger partial charge on any atom is 0.263 e. The topological polar surface area (TPSA) is 172 Å². The number of nitrogens with zero attached hydrogens (tertiary/aromatic N) is 2. The molecule has 1 saturated heterocycles. The van der Waals surface area contributed by atoms with Crippen LogP contribution in [0.25, 0.3) is 10.9 Å². The highest BCUT2D eigenvalue weighted by molar-refractivity contribution is 7.99. The van der Waals surface area contributed by atoms with Gasteiger partial charge in [-0.3, -0.25) is 19.6 Å². The number of hydrogen-bond donors (Lipinski definition) is 5. The van der Waals surface area contributed by atoms with Crippen LogP contribution in [0.2, 0.25) is 0 Å². The number of para-hydroxylation sites is 1. The van der Waals surface area contributed by atoms with Gasteiger partial charge in [0.15, 0.2) is 0 Å². The van der Waals surface area contributed by atoms with Gasteiger partial charge in [-0.1, -0.05) is 18.2 Å². The molecule has 174 valence electrons. The van der Waals surface area contributed by atoms with Crippen LogP contribution in [0.1, 0.15) is 17.7 Å². The van der Waals surface area contributed by atoms with E-state index in [1.165, 1.54) is 16.7 Å². The molecule has 1 fully saturated rings. The molecule has 3 amide bonds. The fourth-order valence-electron chi connectivity index (χ4n) is 4.07. The standard InChI is InChI=1S/C21H30N6O4S/c1-12-15(14-4-2-3-5-17(14)25-12)9-19(28)26-10-13(8-18(26)20(24)29)27(31)21(30)16(23)11-32-7-6-22/h2-5,13,16,18,25,31H,6-11,22-23H2,1H3,(H2,24,29)/t13-,16-,18-/m0/s1. The molecule has 11 heteroatoms. The SMILES string of the molecule is Cc1[nH]c2ccccc2c1CC(=O)N1C[C@@H](N(O)C(=O)[C@@H](N)CSCCN)C[C@H]1C(N)=O. The van der Waals surface area contributed by atoms with E-state index in [1.807, 2.05) is 31.2 Å². The van der Waals surface area contributed by atoms with Crippen molar-refractivity contribution in [3.63, 3.8) is 0 Å². The van der Waals surface area contributed by atoms with Crippen molar-refractivity contribution < 1.29 is 19.6 Å². The number of hydroxylamine groups is 2. The molecule has 1 aliphatic rings. The van der Waals surface area contributed by atoms with Crippen LogP contribution in [0.3, 0.4) is 0 Å². The average molecular weight is 463 g/mol. The zero-order chi connectivity index (χ0) is 23.4. The van der Waals surface area contributed by atoms with E-state index >= 15 is 0 Å². The van der Waals surface area contributed by atoms with Gasteiger partial charge >= 0.3 is 0 Å². The van der Waals surface area contributed by atoms with Gasteiger partial charge in [-0.2, -0.15) is 11.8 Å². The smallest absolute Gasteiger partial charge is 0.263 e. The van der Waals surface area contributed by atoms with Crippen molar-refractivity contribution >= 4 is 40.4 Å². The molecule has 1 aliphatic heterocycles. The van der Waals surface area contributed by atoms with Crippen molar-refractivity contribution in [3.05, 3.63) is 35.5 Å². The zero-order valence-electron chi connectivity index (χ0n) is 18.0. The lowest BCUT2D eigenvalue weighted by molar-refractivity contribution is -0.176. The minimum Gasteiger partial charge on any atom is -0.368 e. The van der Waals surface area contributed by atoms with Crippen molar-refractivity contribution in [1.29, 1.82) is 0 Å². The van der Waals surface area contributed by atoms with E-state index in [4.69, 9.17) is 17.2 Å². The maximum absolute atomic E-state index is 13.1. The number of likely N-dealkylation sites (tertiary alicyclic amines) is 1. The maximum atomic E-state index is 13.1. The van der Waals surface area contributed by atoms with Gasteiger partial charge in [-0.25, -0.2) is 5.06 Å². The second kappa shape index (κ2) is 10.3. The molecule has 1 aromatic carbocycles. The van der Waals surface area contributed by atoms with E-state index in [0.29, 0.717) is 23.1 Å². The third-order valence-corrected chi connectivity index (χ3v) is 6.85. The van der Waals surface area contributed by atoms with Crippen molar-refractivity contribution in [2.24, 2.45) is 17.2 Å². The number of aromatic nitrogens is 1. The molecule has 3 rings (SSSR count). The van der Waals surface area contributed by atoms with Crippen LogP contribution >= 0.6 is 11.8 Å². The first kappa shape index (κ1) is 24.1. The summed E-state index contributed by atoms with van der Waals surface area (Å²) in [5.74, 6) is -0.686. The summed E-state index contributed by atoms with van der Waals surface area (Å²) in [5, 5.41) is 11.9. The number of amides is 3. The molecule has 0 saturated carbocycles. The second-order valence-electron chi connectivity index (χ2n) is 7.96. The number of carbonyl (C=O) groups is 3. The lowest BCUT2D eigenvalue weighted by Crippen LogP contribution is -2.49. The van der Waals surface area contributed by atoms with Crippen LogP contribution in [-0.2, 0) is 20.8 Å². The molecule has 0 radical (unpaired) electrons. The number of fused-ring (bicyclic) bond motifs is 1.